The summed E-state index contributed by atoms with van der Waals surface area (Å²) in [5.74, 6) is -0.0896. The van der Waals surface area contributed by atoms with Crippen LogP contribution < -0.4 is 5.32 Å². The molecule has 0 radical (unpaired) electrons. The van der Waals surface area contributed by atoms with Gasteiger partial charge in [-0.15, -0.1) is 0 Å². The average Bonchev–Trinajstić information content (AvgIpc) is 2.55. The Morgan fingerprint density at radius 1 is 1.26 bits per heavy atom. The van der Waals surface area contributed by atoms with Gasteiger partial charge in [0.2, 0.25) is 0 Å². The average molecular weight is 270 g/mol. The predicted molar refractivity (Wildman–Crippen MR) is 73.0 cm³/mol. The lowest BCUT2D eigenvalue weighted by molar-refractivity contribution is -0.160. The molecule has 2 heterocycles. The van der Waals surface area contributed by atoms with Gasteiger partial charge in [0.05, 0.1) is 18.8 Å². The standard InChI is InChI=1S/C14H26N2O3/c1-11-8-13(9-12(2)18-11)19-14(17)10-16-6-3-4-15-5-7-16/h11-13,15H,3-10H2,1-2H3. The van der Waals surface area contributed by atoms with Gasteiger partial charge in [-0.1, -0.05) is 0 Å². The van der Waals surface area contributed by atoms with Crippen molar-refractivity contribution in [2.24, 2.45) is 0 Å². The highest BCUT2D eigenvalue weighted by atomic mass is 16.6. The summed E-state index contributed by atoms with van der Waals surface area (Å²) in [7, 11) is 0. The molecule has 0 amide bonds. The summed E-state index contributed by atoms with van der Waals surface area (Å²) in [6.45, 7) is 8.40. The number of ether oxygens (including phenoxy) is 2. The molecule has 0 aromatic heterocycles. The van der Waals surface area contributed by atoms with E-state index in [9.17, 15) is 4.79 Å². The second-order valence-electron chi connectivity index (χ2n) is 5.72. The molecule has 0 aromatic rings. The Kier molecular flexibility index (Phi) is 5.60. The van der Waals surface area contributed by atoms with Crippen LogP contribution in [0.5, 0.6) is 0 Å². The zero-order chi connectivity index (χ0) is 13.7. The van der Waals surface area contributed by atoms with E-state index in [1.54, 1.807) is 0 Å². The van der Waals surface area contributed by atoms with E-state index in [1.165, 1.54) is 0 Å². The highest BCUT2D eigenvalue weighted by molar-refractivity contribution is 5.71. The van der Waals surface area contributed by atoms with Gasteiger partial charge >= 0.3 is 5.97 Å². The lowest BCUT2D eigenvalue weighted by Crippen LogP contribution is -2.39. The highest BCUT2D eigenvalue weighted by Gasteiger charge is 2.27. The largest absolute Gasteiger partial charge is 0.461 e. The summed E-state index contributed by atoms with van der Waals surface area (Å²) in [6.07, 6.45) is 3.12. The number of nitrogens with zero attached hydrogens (tertiary/aromatic N) is 1. The maximum absolute atomic E-state index is 12.0. The first kappa shape index (κ1) is 14.8. The van der Waals surface area contributed by atoms with Crippen molar-refractivity contribution in [2.45, 2.75) is 51.4 Å². The molecule has 2 unspecified atom stereocenters. The first-order valence-corrected chi connectivity index (χ1v) is 7.41. The molecule has 2 atom stereocenters. The molecule has 2 fully saturated rings. The molecule has 2 saturated heterocycles. The zero-order valence-corrected chi connectivity index (χ0v) is 12.1. The Labute approximate surface area is 115 Å². The molecule has 0 aromatic carbocycles. The maximum atomic E-state index is 12.0. The van der Waals surface area contributed by atoms with Crippen molar-refractivity contribution < 1.29 is 14.3 Å². The molecule has 2 aliphatic rings. The van der Waals surface area contributed by atoms with Gasteiger partial charge in [0, 0.05) is 25.9 Å². The quantitative estimate of drug-likeness (QED) is 0.768. The monoisotopic (exact) mass is 270 g/mol. The van der Waals surface area contributed by atoms with E-state index in [1.807, 2.05) is 13.8 Å². The van der Waals surface area contributed by atoms with Gasteiger partial charge in [0.1, 0.15) is 6.10 Å². The minimum atomic E-state index is -0.0896. The van der Waals surface area contributed by atoms with Gasteiger partial charge in [-0.25, -0.2) is 0 Å². The van der Waals surface area contributed by atoms with Crippen LogP contribution in [0.3, 0.4) is 0 Å². The highest BCUT2D eigenvalue weighted by Crippen LogP contribution is 2.21. The number of hydrogen-bond donors (Lipinski definition) is 1. The Morgan fingerprint density at radius 3 is 2.74 bits per heavy atom. The minimum absolute atomic E-state index is 0.0244. The third-order valence-corrected chi connectivity index (χ3v) is 3.74. The Morgan fingerprint density at radius 2 is 2.00 bits per heavy atom. The van der Waals surface area contributed by atoms with Crippen molar-refractivity contribution in [1.82, 2.24) is 10.2 Å². The summed E-state index contributed by atoms with van der Waals surface area (Å²) in [6, 6.07) is 0. The molecule has 5 heteroatoms. The second kappa shape index (κ2) is 7.22. The van der Waals surface area contributed by atoms with Crippen molar-refractivity contribution >= 4 is 5.97 Å². The van der Waals surface area contributed by atoms with Gasteiger partial charge in [-0.05, 0) is 33.4 Å². The number of carbonyl (C=O) groups is 1. The predicted octanol–water partition coefficient (Wildman–Crippen LogP) is 0.781. The van der Waals surface area contributed by atoms with Crippen molar-refractivity contribution in [2.75, 3.05) is 32.7 Å². The van der Waals surface area contributed by atoms with Crippen LogP contribution in [-0.4, -0.2) is 61.9 Å². The summed E-state index contributed by atoms with van der Waals surface area (Å²) in [5.41, 5.74) is 0. The van der Waals surface area contributed by atoms with E-state index in [0.29, 0.717) is 6.54 Å². The molecule has 1 N–H and O–H groups in total. The molecule has 2 rings (SSSR count). The van der Waals surface area contributed by atoms with E-state index in [2.05, 4.69) is 10.2 Å². The van der Waals surface area contributed by atoms with Crippen LogP contribution in [-0.2, 0) is 14.3 Å². The van der Waals surface area contributed by atoms with E-state index in [-0.39, 0.29) is 24.3 Å². The van der Waals surface area contributed by atoms with Crippen molar-refractivity contribution in [3.8, 4) is 0 Å². The third kappa shape index (κ3) is 5.09. The minimum Gasteiger partial charge on any atom is -0.461 e. The van der Waals surface area contributed by atoms with Crippen LogP contribution in [0, 0.1) is 0 Å². The Hall–Kier alpha value is -0.650. The van der Waals surface area contributed by atoms with E-state index < -0.39 is 0 Å². The molecule has 110 valence electrons. The van der Waals surface area contributed by atoms with Gasteiger partial charge < -0.3 is 14.8 Å². The Bertz CT molecular complexity index is 280. The molecule has 0 saturated carbocycles. The maximum Gasteiger partial charge on any atom is 0.320 e. The summed E-state index contributed by atoms with van der Waals surface area (Å²) in [4.78, 5) is 14.2. The van der Waals surface area contributed by atoms with Crippen LogP contribution >= 0.6 is 0 Å². The van der Waals surface area contributed by atoms with Gasteiger partial charge in [-0.3, -0.25) is 9.69 Å². The van der Waals surface area contributed by atoms with Gasteiger partial charge in [0.25, 0.3) is 0 Å². The van der Waals surface area contributed by atoms with Crippen LogP contribution in [0.2, 0.25) is 0 Å². The van der Waals surface area contributed by atoms with Crippen LogP contribution in [0.1, 0.15) is 33.1 Å². The lowest BCUT2D eigenvalue weighted by Gasteiger charge is -2.32. The number of hydrogen-bond acceptors (Lipinski definition) is 5. The first-order chi connectivity index (χ1) is 9.13. The van der Waals surface area contributed by atoms with Crippen molar-refractivity contribution in [3.05, 3.63) is 0 Å². The number of rotatable bonds is 3. The molecule has 2 aliphatic heterocycles. The van der Waals surface area contributed by atoms with Crippen LogP contribution in [0.15, 0.2) is 0 Å². The molecule has 19 heavy (non-hydrogen) atoms. The topological polar surface area (TPSA) is 50.8 Å². The van der Waals surface area contributed by atoms with Crippen molar-refractivity contribution in [1.29, 1.82) is 0 Å². The lowest BCUT2D eigenvalue weighted by atomic mass is 10.0. The van der Waals surface area contributed by atoms with E-state index in [0.717, 1.165) is 45.4 Å². The molecule has 0 spiro atoms. The van der Waals surface area contributed by atoms with Crippen LogP contribution in [0.4, 0.5) is 0 Å². The second-order valence-corrected chi connectivity index (χ2v) is 5.72. The molecular weight excluding hydrogens is 244 g/mol. The zero-order valence-electron chi connectivity index (χ0n) is 12.1. The van der Waals surface area contributed by atoms with E-state index >= 15 is 0 Å². The van der Waals surface area contributed by atoms with Crippen LogP contribution in [0.25, 0.3) is 0 Å². The molecule has 0 aliphatic carbocycles. The fourth-order valence-corrected chi connectivity index (χ4v) is 2.91. The number of esters is 1. The fraction of sp³-hybridized carbons (Fsp3) is 0.929. The molecule has 0 bridgehead atoms. The smallest absolute Gasteiger partial charge is 0.320 e. The normalized spacial score (nSPS) is 33.7. The molecular formula is C14H26N2O3. The van der Waals surface area contributed by atoms with Crippen molar-refractivity contribution in [3.63, 3.8) is 0 Å². The number of carbonyl (C=O) groups excluding carboxylic acids is 1. The summed E-state index contributed by atoms with van der Waals surface area (Å²) in [5, 5.41) is 3.33. The number of nitrogens with one attached hydrogen (secondary N) is 1. The van der Waals surface area contributed by atoms with Gasteiger partial charge in [0.15, 0.2) is 0 Å². The van der Waals surface area contributed by atoms with E-state index in [4.69, 9.17) is 9.47 Å². The summed E-state index contributed by atoms with van der Waals surface area (Å²) >= 11 is 0. The summed E-state index contributed by atoms with van der Waals surface area (Å²) < 4.78 is 11.2. The van der Waals surface area contributed by atoms with Gasteiger partial charge in [-0.2, -0.15) is 0 Å². The SMILES string of the molecule is CC1CC(OC(=O)CN2CCCNCC2)CC(C)O1. The Balaban J connectivity index is 1.73. The fourth-order valence-electron chi connectivity index (χ4n) is 2.91. The first-order valence-electron chi connectivity index (χ1n) is 7.41. The molecule has 5 nitrogen and oxygen atoms in total. The third-order valence-electron chi connectivity index (χ3n) is 3.74.